The summed E-state index contributed by atoms with van der Waals surface area (Å²) in [5.41, 5.74) is -5.77. The van der Waals surface area contributed by atoms with Crippen LogP contribution in [0.3, 0.4) is 0 Å². The van der Waals surface area contributed by atoms with E-state index in [1.54, 1.807) is 0 Å². The van der Waals surface area contributed by atoms with Gasteiger partial charge < -0.3 is 23.7 Å². The van der Waals surface area contributed by atoms with E-state index in [-0.39, 0.29) is 0 Å². The number of alkyl halides is 3. The topological polar surface area (TPSA) is 158 Å². The summed E-state index contributed by atoms with van der Waals surface area (Å²) in [6.07, 6.45) is -9.02. The zero-order valence-electron chi connectivity index (χ0n) is 16.5. The van der Waals surface area contributed by atoms with Gasteiger partial charge in [0.25, 0.3) is 0 Å². The average molecular weight is 480 g/mol. The highest BCUT2D eigenvalue weighted by molar-refractivity contribution is 7.87. The molecule has 5 atom stereocenters. The molecule has 0 saturated carbocycles. The third-order valence-corrected chi connectivity index (χ3v) is 4.46. The van der Waals surface area contributed by atoms with Crippen LogP contribution in [-0.4, -0.2) is 75.1 Å². The largest absolute Gasteiger partial charge is 0.523 e. The molecule has 178 valence electrons. The molecule has 1 unspecified atom stereocenters. The molecular formula is C15H19F3O12S. The standard InChI is InChI=1S/C15H19F3O12S/c1-6(19)26-11-10(5-25-31(23,24)15(16,17)18)30-14(29-9(4)22)13(28-8(3)21)12(11)27-7(2)20/h10-14H,5H2,1-4H3/t10-,11-,12+,13+,14?/m0/s1. The Bertz CT molecular complexity index is 809. The summed E-state index contributed by atoms with van der Waals surface area (Å²) in [7, 11) is -6.08. The second kappa shape index (κ2) is 10.2. The first kappa shape index (κ1) is 26.6. The molecule has 0 spiro atoms. The van der Waals surface area contributed by atoms with E-state index in [0.29, 0.717) is 0 Å². The van der Waals surface area contributed by atoms with Gasteiger partial charge in [-0.3, -0.25) is 23.4 Å². The molecular weight excluding hydrogens is 461 g/mol. The van der Waals surface area contributed by atoms with Crippen molar-refractivity contribution in [1.82, 2.24) is 0 Å². The lowest BCUT2D eigenvalue weighted by Gasteiger charge is -2.43. The van der Waals surface area contributed by atoms with E-state index in [1.807, 2.05) is 0 Å². The summed E-state index contributed by atoms with van der Waals surface area (Å²) in [5.74, 6) is -4.02. The van der Waals surface area contributed by atoms with Crippen molar-refractivity contribution >= 4 is 34.0 Å². The zero-order chi connectivity index (χ0) is 24.1. The molecule has 0 aromatic carbocycles. The first-order valence-electron chi connectivity index (χ1n) is 8.35. The molecule has 0 bridgehead atoms. The quantitative estimate of drug-likeness (QED) is 0.207. The molecule has 1 fully saturated rings. The SMILES string of the molecule is CC(=O)OC1O[C@@H](COS(=O)(=O)C(F)(F)F)[C@H](OC(C)=O)[C@@H](OC(C)=O)[C@H]1OC(C)=O. The Morgan fingerprint density at radius 3 is 1.61 bits per heavy atom. The highest BCUT2D eigenvalue weighted by Crippen LogP contribution is 2.31. The fourth-order valence-corrected chi connectivity index (χ4v) is 2.92. The normalized spacial score (nSPS) is 26.5. The maximum Gasteiger partial charge on any atom is 0.523 e. The molecule has 0 aromatic heterocycles. The van der Waals surface area contributed by atoms with Gasteiger partial charge in [-0.1, -0.05) is 0 Å². The smallest absolute Gasteiger partial charge is 0.456 e. The molecule has 16 heteroatoms. The summed E-state index contributed by atoms with van der Waals surface area (Å²) < 4.78 is 88.8. The highest BCUT2D eigenvalue weighted by Gasteiger charge is 2.55. The third-order valence-electron chi connectivity index (χ3n) is 3.45. The van der Waals surface area contributed by atoms with Crippen LogP contribution in [0.25, 0.3) is 0 Å². The molecule has 0 N–H and O–H groups in total. The number of esters is 4. The Balaban J connectivity index is 3.37. The second-order valence-corrected chi connectivity index (χ2v) is 7.67. The van der Waals surface area contributed by atoms with Gasteiger partial charge in [0.15, 0.2) is 12.2 Å². The van der Waals surface area contributed by atoms with Crippen molar-refractivity contribution in [1.29, 1.82) is 0 Å². The first-order valence-corrected chi connectivity index (χ1v) is 9.76. The molecule has 1 rings (SSSR count). The van der Waals surface area contributed by atoms with Crippen LogP contribution in [0.2, 0.25) is 0 Å². The highest BCUT2D eigenvalue weighted by atomic mass is 32.2. The van der Waals surface area contributed by atoms with E-state index in [1.165, 1.54) is 0 Å². The summed E-state index contributed by atoms with van der Waals surface area (Å²) in [6, 6.07) is 0. The molecule has 1 aliphatic heterocycles. The molecule has 12 nitrogen and oxygen atoms in total. The number of carbonyl (C=O) groups excluding carboxylic acids is 4. The van der Waals surface area contributed by atoms with Crippen LogP contribution in [0.1, 0.15) is 27.7 Å². The van der Waals surface area contributed by atoms with Crippen molar-refractivity contribution in [2.24, 2.45) is 0 Å². The number of halogens is 3. The van der Waals surface area contributed by atoms with E-state index in [0.717, 1.165) is 27.7 Å². The van der Waals surface area contributed by atoms with Crippen molar-refractivity contribution in [3.8, 4) is 0 Å². The van der Waals surface area contributed by atoms with E-state index in [9.17, 15) is 40.8 Å². The number of ether oxygens (including phenoxy) is 5. The molecule has 31 heavy (non-hydrogen) atoms. The lowest BCUT2D eigenvalue weighted by molar-refractivity contribution is -0.298. The molecule has 0 aliphatic carbocycles. The monoisotopic (exact) mass is 480 g/mol. The van der Waals surface area contributed by atoms with E-state index >= 15 is 0 Å². The maximum absolute atomic E-state index is 12.6. The summed E-state index contributed by atoms with van der Waals surface area (Å²) in [5, 5.41) is 0. The number of rotatable bonds is 7. The number of carbonyl (C=O) groups is 4. The Labute approximate surface area is 174 Å². The van der Waals surface area contributed by atoms with Crippen molar-refractivity contribution in [2.75, 3.05) is 6.61 Å². The molecule has 0 radical (unpaired) electrons. The molecule has 1 heterocycles. The summed E-state index contributed by atoms with van der Waals surface area (Å²) in [4.78, 5) is 45.9. The lowest BCUT2D eigenvalue weighted by Crippen LogP contribution is -2.63. The van der Waals surface area contributed by atoms with Gasteiger partial charge in [0.05, 0.1) is 6.61 Å². The fourth-order valence-electron chi connectivity index (χ4n) is 2.47. The Morgan fingerprint density at radius 2 is 1.19 bits per heavy atom. The van der Waals surface area contributed by atoms with Gasteiger partial charge in [-0.2, -0.15) is 21.6 Å². The minimum atomic E-state index is -6.08. The van der Waals surface area contributed by atoms with Gasteiger partial charge in [-0.25, -0.2) is 0 Å². The van der Waals surface area contributed by atoms with E-state index in [2.05, 4.69) is 4.18 Å². The first-order chi connectivity index (χ1) is 14.0. The lowest BCUT2D eigenvalue weighted by atomic mass is 9.98. The molecule has 1 aliphatic rings. The number of hydrogen-bond donors (Lipinski definition) is 0. The summed E-state index contributed by atoms with van der Waals surface area (Å²) >= 11 is 0. The minimum absolute atomic E-state index is 0.883. The van der Waals surface area contributed by atoms with Crippen LogP contribution in [0.15, 0.2) is 0 Å². The third kappa shape index (κ3) is 7.62. The molecule has 0 amide bonds. The van der Waals surface area contributed by atoms with E-state index < -0.39 is 76.8 Å². The summed E-state index contributed by atoms with van der Waals surface area (Å²) in [6.45, 7) is 2.25. The van der Waals surface area contributed by atoms with Gasteiger partial charge >= 0.3 is 39.5 Å². The van der Waals surface area contributed by atoms with Crippen LogP contribution in [0.4, 0.5) is 13.2 Å². The van der Waals surface area contributed by atoms with Crippen molar-refractivity contribution < 1.29 is 68.6 Å². The van der Waals surface area contributed by atoms with Crippen LogP contribution in [-0.2, 0) is 57.2 Å². The van der Waals surface area contributed by atoms with Gasteiger partial charge in [0, 0.05) is 27.7 Å². The van der Waals surface area contributed by atoms with Gasteiger partial charge in [0.1, 0.15) is 6.10 Å². The molecule has 1 saturated heterocycles. The molecule has 0 aromatic rings. The van der Waals surface area contributed by atoms with Crippen LogP contribution >= 0.6 is 0 Å². The minimum Gasteiger partial charge on any atom is -0.456 e. The maximum atomic E-state index is 12.6. The predicted octanol–water partition coefficient (Wildman–Crippen LogP) is -0.0643. The second-order valence-electron chi connectivity index (χ2n) is 6.06. The van der Waals surface area contributed by atoms with Crippen LogP contribution in [0, 0.1) is 0 Å². The van der Waals surface area contributed by atoms with Crippen molar-refractivity contribution in [2.45, 2.75) is 63.9 Å². The average Bonchev–Trinajstić information content (AvgIpc) is 2.56. The van der Waals surface area contributed by atoms with Crippen LogP contribution in [0.5, 0.6) is 0 Å². The van der Waals surface area contributed by atoms with E-state index in [4.69, 9.17) is 23.7 Å². The van der Waals surface area contributed by atoms with Crippen molar-refractivity contribution in [3.05, 3.63) is 0 Å². The van der Waals surface area contributed by atoms with Crippen molar-refractivity contribution in [3.63, 3.8) is 0 Å². The zero-order valence-corrected chi connectivity index (χ0v) is 17.4. The Kier molecular flexibility index (Phi) is 8.77. The van der Waals surface area contributed by atoms with Crippen LogP contribution < -0.4 is 0 Å². The Hall–Kier alpha value is -2.46. The predicted molar refractivity (Wildman–Crippen MR) is 88.0 cm³/mol. The van der Waals surface area contributed by atoms with Gasteiger partial charge in [0.2, 0.25) is 12.4 Å². The van der Waals surface area contributed by atoms with Gasteiger partial charge in [-0.05, 0) is 0 Å². The number of hydrogen-bond acceptors (Lipinski definition) is 12. The fraction of sp³-hybridized carbons (Fsp3) is 0.733. The Morgan fingerprint density at radius 1 is 0.774 bits per heavy atom. The van der Waals surface area contributed by atoms with Gasteiger partial charge in [-0.15, -0.1) is 0 Å².